The summed E-state index contributed by atoms with van der Waals surface area (Å²) < 4.78 is 11.4. The van der Waals surface area contributed by atoms with E-state index < -0.39 is 0 Å². The summed E-state index contributed by atoms with van der Waals surface area (Å²) in [5.41, 5.74) is 8.60. The molecule has 0 aliphatic rings. The van der Waals surface area contributed by atoms with E-state index in [0.717, 1.165) is 82.4 Å². The van der Waals surface area contributed by atoms with Crippen LogP contribution in [0.2, 0.25) is 0 Å². The first kappa shape index (κ1) is 32.0. The molecule has 0 saturated heterocycles. The maximum absolute atomic E-state index is 6.83. The van der Waals surface area contributed by atoms with Crippen LogP contribution in [0.3, 0.4) is 0 Å². The van der Waals surface area contributed by atoms with Gasteiger partial charge in [-0.3, -0.25) is 4.57 Å². The molecule has 0 amide bonds. The summed E-state index contributed by atoms with van der Waals surface area (Å²) in [7, 11) is 0. The summed E-state index contributed by atoms with van der Waals surface area (Å²) in [5.74, 6) is 1.72. The van der Waals surface area contributed by atoms with Crippen LogP contribution in [0.1, 0.15) is 0 Å². The van der Waals surface area contributed by atoms with E-state index in [0.29, 0.717) is 17.6 Å². The van der Waals surface area contributed by atoms with Crippen LogP contribution >= 0.6 is 0 Å². The van der Waals surface area contributed by atoms with Gasteiger partial charge in [0.25, 0.3) is 0 Å². The van der Waals surface area contributed by atoms with Crippen LogP contribution in [-0.4, -0.2) is 24.1 Å². The maximum atomic E-state index is 6.83. The van der Waals surface area contributed by atoms with Gasteiger partial charge in [0, 0.05) is 43.4 Å². The van der Waals surface area contributed by atoms with E-state index in [1.165, 1.54) is 21.5 Å². The molecule has 0 atom stereocenters. The van der Waals surface area contributed by atoms with E-state index in [1.54, 1.807) is 0 Å². The van der Waals surface area contributed by atoms with Crippen molar-refractivity contribution in [2.45, 2.75) is 0 Å². The molecular formula is C53H31N5O. The molecule has 0 N–H and O–H groups in total. The van der Waals surface area contributed by atoms with Crippen LogP contribution in [-0.2, 0) is 0 Å². The number of nitrogens with zero attached hydrogens (tertiary/aromatic N) is 5. The highest BCUT2D eigenvalue weighted by atomic mass is 16.3. The highest BCUT2D eigenvalue weighted by Crippen LogP contribution is 2.42. The van der Waals surface area contributed by atoms with Gasteiger partial charge in [-0.15, -0.1) is 0 Å². The van der Waals surface area contributed by atoms with Gasteiger partial charge in [0.15, 0.2) is 17.2 Å². The maximum Gasteiger partial charge on any atom is 0.238 e. The zero-order valence-corrected chi connectivity index (χ0v) is 31.5. The number of furan rings is 1. The number of hydrogen-bond acceptors (Lipinski definition) is 4. The van der Waals surface area contributed by atoms with E-state index in [4.69, 9.17) is 19.4 Å². The molecule has 4 heterocycles. The molecule has 0 unspecified atom stereocenters. The monoisotopic (exact) mass is 753 g/mol. The Bertz CT molecular complexity index is 3810. The van der Waals surface area contributed by atoms with E-state index >= 15 is 0 Å². The van der Waals surface area contributed by atoms with Gasteiger partial charge >= 0.3 is 0 Å². The summed E-state index contributed by atoms with van der Waals surface area (Å²) in [6.07, 6.45) is 0. The van der Waals surface area contributed by atoms with Gasteiger partial charge in [-0.05, 0) is 70.1 Å². The fourth-order valence-electron chi connectivity index (χ4n) is 9.29. The first-order valence-corrected chi connectivity index (χ1v) is 19.9. The lowest BCUT2D eigenvalue weighted by atomic mass is 10.0. The predicted molar refractivity (Wildman–Crippen MR) is 242 cm³/mol. The van der Waals surface area contributed by atoms with Gasteiger partial charge in [0.2, 0.25) is 5.95 Å². The van der Waals surface area contributed by atoms with Crippen LogP contribution < -0.4 is 0 Å². The molecule has 0 radical (unpaired) electrons. The van der Waals surface area contributed by atoms with Crippen molar-refractivity contribution in [3.8, 4) is 34.4 Å². The molecule has 0 aliphatic carbocycles. The van der Waals surface area contributed by atoms with Crippen LogP contribution in [0.4, 0.5) is 0 Å². The molecule has 13 aromatic rings. The van der Waals surface area contributed by atoms with Crippen molar-refractivity contribution in [1.29, 1.82) is 0 Å². The fraction of sp³-hybridized carbons (Fsp3) is 0. The molecule has 9 aromatic carbocycles. The normalized spacial score (nSPS) is 12.1. The first-order valence-electron chi connectivity index (χ1n) is 19.9. The summed E-state index contributed by atoms with van der Waals surface area (Å²) in [4.78, 5) is 16.1. The third kappa shape index (κ3) is 4.71. The summed E-state index contributed by atoms with van der Waals surface area (Å²) in [5, 5.41) is 11.2. The topological polar surface area (TPSA) is 61.7 Å². The largest absolute Gasteiger partial charge is 0.454 e. The SMILES string of the molecule is c1ccc2cc3c(cc2c1)c1ccccc1n3-c1cc(-c2nc(-c3cccc4ccccc34)nc(-n3c4ccccc4c4ccccc43)n2)cc2c1oc1ccccc12. The van der Waals surface area contributed by atoms with Crippen LogP contribution in [0.25, 0.3) is 122 Å². The average molecular weight is 754 g/mol. The zero-order chi connectivity index (χ0) is 38.6. The van der Waals surface area contributed by atoms with Crippen molar-refractivity contribution in [1.82, 2.24) is 24.1 Å². The molecule has 0 bridgehead atoms. The van der Waals surface area contributed by atoms with Crippen LogP contribution in [0.15, 0.2) is 192 Å². The highest BCUT2D eigenvalue weighted by molar-refractivity contribution is 6.16. The predicted octanol–water partition coefficient (Wildman–Crippen LogP) is 13.6. The first-order chi connectivity index (χ1) is 29.2. The summed E-state index contributed by atoms with van der Waals surface area (Å²) >= 11 is 0. The summed E-state index contributed by atoms with van der Waals surface area (Å²) in [6, 6.07) is 66.1. The van der Waals surface area contributed by atoms with E-state index in [-0.39, 0.29) is 0 Å². The number of rotatable bonds is 4. The third-order valence-electron chi connectivity index (χ3n) is 11.9. The number of hydrogen-bond donors (Lipinski definition) is 0. The number of para-hydroxylation sites is 4. The van der Waals surface area contributed by atoms with E-state index in [9.17, 15) is 0 Å². The molecule has 274 valence electrons. The zero-order valence-electron chi connectivity index (χ0n) is 31.5. The lowest BCUT2D eigenvalue weighted by molar-refractivity contribution is 0.666. The summed E-state index contributed by atoms with van der Waals surface area (Å²) in [6.45, 7) is 0. The minimum Gasteiger partial charge on any atom is -0.454 e. The van der Waals surface area contributed by atoms with Crippen LogP contribution in [0, 0.1) is 0 Å². The van der Waals surface area contributed by atoms with Crippen molar-refractivity contribution in [2.24, 2.45) is 0 Å². The van der Waals surface area contributed by atoms with Gasteiger partial charge in [-0.25, -0.2) is 4.98 Å². The van der Waals surface area contributed by atoms with Gasteiger partial charge in [-0.2, -0.15) is 9.97 Å². The Hall–Kier alpha value is -8.09. The van der Waals surface area contributed by atoms with Gasteiger partial charge in [0.05, 0.1) is 27.8 Å². The Morgan fingerprint density at radius 2 is 0.915 bits per heavy atom. The number of aromatic nitrogens is 5. The average Bonchev–Trinajstić information content (AvgIpc) is 3.95. The standard InChI is InChI=1S/C53H31N5O/c1-2-16-34-30-47-42(28-33(34)15-1)39-21-7-9-24-44(39)57(47)48-31-35(29-43-40-22-8-12-27-49(40)59-50(43)48)51-54-52(41-23-13-17-32-14-3-4-18-36(32)41)56-53(55-51)58-45-25-10-5-19-37(45)38-20-6-11-26-46(38)58/h1-31H. The molecular weight excluding hydrogens is 723 g/mol. The van der Waals surface area contributed by atoms with Crippen molar-refractivity contribution in [3.63, 3.8) is 0 Å². The lowest BCUT2D eigenvalue weighted by Crippen LogP contribution is -2.07. The van der Waals surface area contributed by atoms with Crippen molar-refractivity contribution in [3.05, 3.63) is 188 Å². The Morgan fingerprint density at radius 3 is 1.66 bits per heavy atom. The fourth-order valence-corrected chi connectivity index (χ4v) is 9.29. The Balaban J connectivity index is 1.16. The quantitative estimate of drug-likeness (QED) is 0.180. The minimum absolute atomic E-state index is 0.553. The van der Waals surface area contributed by atoms with E-state index in [2.05, 4.69) is 185 Å². The Labute approximate surface area is 336 Å². The molecule has 6 nitrogen and oxygen atoms in total. The second kappa shape index (κ2) is 12.2. The minimum atomic E-state index is 0.553. The van der Waals surface area contributed by atoms with Crippen molar-refractivity contribution >= 4 is 87.1 Å². The lowest BCUT2D eigenvalue weighted by Gasteiger charge is -2.14. The molecule has 0 saturated carbocycles. The highest BCUT2D eigenvalue weighted by Gasteiger charge is 2.23. The molecule has 13 rings (SSSR count). The van der Waals surface area contributed by atoms with Gasteiger partial charge in [0.1, 0.15) is 5.58 Å². The van der Waals surface area contributed by atoms with Gasteiger partial charge in [-0.1, -0.05) is 140 Å². The number of fused-ring (bicyclic) bond motifs is 11. The smallest absolute Gasteiger partial charge is 0.238 e. The number of benzene rings is 9. The Morgan fingerprint density at radius 1 is 0.356 bits per heavy atom. The van der Waals surface area contributed by atoms with E-state index in [1.807, 2.05) is 12.1 Å². The molecule has 6 heteroatoms. The molecule has 4 aromatic heterocycles. The van der Waals surface area contributed by atoms with Gasteiger partial charge < -0.3 is 8.98 Å². The second-order valence-electron chi connectivity index (χ2n) is 15.2. The van der Waals surface area contributed by atoms with Crippen molar-refractivity contribution < 1.29 is 4.42 Å². The third-order valence-corrected chi connectivity index (χ3v) is 11.9. The Kier molecular flexibility index (Phi) is 6.63. The molecule has 59 heavy (non-hydrogen) atoms. The second-order valence-corrected chi connectivity index (χ2v) is 15.2. The molecule has 0 spiro atoms. The molecule has 0 aliphatic heterocycles. The molecule has 0 fully saturated rings. The van der Waals surface area contributed by atoms with Crippen molar-refractivity contribution in [2.75, 3.05) is 0 Å². The van der Waals surface area contributed by atoms with Crippen LogP contribution in [0.5, 0.6) is 0 Å².